The zero-order chi connectivity index (χ0) is 21.9. The third-order valence-corrected chi connectivity index (χ3v) is 4.98. The van der Waals surface area contributed by atoms with Crippen molar-refractivity contribution in [3.05, 3.63) is 53.6 Å². The van der Waals surface area contributed by atoms with E-state index in [1.165, 1.54) is 5.56 Å². The lowest BCUT2D eigenvalue weighted by Gasteiger charge is -2.26. The average molecular weight is 542 g/mol. The molecule has 0 aliphatic carbocycles. The standard InChI is InChI=1S/C23H34N4O3.HI/c1-24-23(25-14-13-17-9-7-8-10-20(17)28-4)26-16-19(27(2)3)18-11-12-21(29-5)22(15-18)30-6;/h7-12,15,19H,13-14,16H2,1-6H3,(H2,24,25,26);1H. The van der Waals surface area contributed by atoms with Gasteiger partial charge in [0.2, 0.25) is 0 Å². The fourth-order valence-corrected chi connectivity index (χ4v) is 3.30. The first-order valence-corrected chi connectivity index (χ1v) is 9.98. The van der Waals surface area contributed by atoms with E-state index in [9.17, 15) is 0 Å². The Morgan fingerprint density at radius 3 is 2.23 bits per heavy atom. The second-order valence-electron chi connectivity index (χ2n) is 7.04. The lowest BCUT2D eigenvalue weighted by molar-refractivity contribution is 0.295. The van der Waals surface area contributed by atoms with E-state index in [0.717, 1.165) is 41.7 Å². The second kappa shape index (κ2) is 14.0. The van der Waals surface area contributed by atoms with Crippen molar-refractivity contribution in [1.82, 2.24) is 15.5 Å². The maximum Gasteiger partial charge on any atom is 0.191 e. The predicted octanol–water partition coefficient (Wildman–Crippen LogP) is 3.34. The molecule has 2 aromatic rings. The predicted molar refractivity (Wildman–Crippen MR) is 137 cm³/mol. The van der Waals surface area contributed by atoms with Crippen molar-refractivity contribution in [2.45, 2.75) is 12.5 Å². The number of nitrogens with zero attached hydrogens (tertiary/aromatic N) is 2. The molecule has 0 aliphatic heterocycles. The van der Waals surface area contributed by atoms with Gasteiger partial charge in [-0.15, -0.1) is 24.0 Å². The van der Waals surface area contributed by atoms with Crippen molar-refractivity contribution in [3.63, 3.8) is 0 Å². The Balaban J connectivity index is 0.00000480. The van der Waals surface area contributed by atoms with Crippen molar-refractivity contribution in [1.29, 1.82) is 0 Å². The molecule has 0 radical (unpaired) electrons. The number of ether oxygens (including phenoxy) is 3. The van der Waals surface area contributed by atoms with Crippen LogP contribution < -0.4 is 24.8 Å². The van der Waals surface area contributed by atoms with Gasteiger partial charge in [-0.2, -0.15) is 0 Å². The quantitative estimate of drug-likeness (QED) is 0.273. The van der Waals surface area contributed by atoms with Crippen LogP contribution in [0, 0.1) is 0 Å². The summed E-state index contributed by atoms with van der Waals surface area (Å²) in [6, 6.07) is 14.2. The smallest absolute Gasteiger partial charge is 0.191 e. The van der Waals surface area contributed by atoms with E-state index in [-0.39, 0.29) is 30.0 Å². The molecule has 172 valence electrons. The number of halogens is 1. The highest BCUT2D eigenvalue weighted by Crippen LogP contribution is 2.31. The van der Waals surface area contributed by atoms with Crippen molar-refractivity contribution in [2.75, 3.05) is 55.6 Å². The van der Waals surface area contributed by atoms with Crippen LogP contribution in [-0.4, -0.2) is 66.4 Å². The summed E-state index contributed by atoms with van der Waals surface area (Å²) in [5.74, 6) is 3.11. The molecule has 2 aromatic carbocycles. The molecule has 7 nitrogen and oxygen atoms in total. The maximum absolute atomic E-state index is 5.46. The summed E-state index contributed by atoms with van der Waals surface area (Å²) in [7, 11) is 10.9. The molecule has 2 rings (SSSR count). The van der Waals surface area contributed by atoms with Crippen molar-refractivity contribution in [2.24, 2.45) is 4.99 Å². The number of hydrogen-bond acceptors (Lipinski definition) is 5. The minimum absolute atomic E-state index is 0. The van der Waals surface area contributed by atoms with E-state index in [1.807, 2.05) is 30.3 Å². The Bertz CT molecular complexity index is 830. The third kappa shape index (κ3) is 7.77. The number of nitrogens with one attached hydrogen (secondary N) is 2. The average Bonchev–Trinajstić information content (AvgIpc) is 2.77. The molecule has 0 aliphatic rings. The molecule has 1 unspecified atom stereocenters. The van der Waals surface area contributed by atoms with E-state index >= 15 is 0 Å². The van der Waals surface area contributed by atoms with Gasteiger partial charge in [0.1, 0.15) is 5.75 Å². The molecule has 2 N–H and O–H groups in total. The van der Waals surface area contributed by atoms with Gasteiger partial charge in [-0.1, -0.05) is 24.3 Å². The molecular weight excluding hydrogens is 507 g/mol. The Kier molecular flexibility index (Phi) is 12.1. The Morgan fingerprint density at radius 2 is 1.61 bits per heavy atom. The zero-order valence-electron chi connectivity index (χ0n) is 19.3. The highest BCUT2D eigenvalue weighted by Gasteiger charge is 2.17. The van der Waals surface area contributed by atoms with Crippen molar-refractivity contribution < 1.29 is 14.2 Å². The minimum Gasteiger partial charge on any atom is -0.496 e. The van der Waals surface area contributed by atoms with Crippen molar-refractivity contribution >= 4 is 29.9 Å². The van der Waals surface area contributed by atoms with Crippen LogP contribution in [0.4, 0.5) is 0 Å². The monoisotopic (exact) mass is 542 g/mol. The molecule has 0 bridgehead atoms. The number of hydrogen-bond donors (Lipinski definition) is 2. The van der Waals surface area contributed by atoms with Crippen LogP contribution in [0.3, 0.4) is 0 Å². The molecule has 8 heteroatoms. The summed E-state index contributed by atoms with van der Waals surface area (Å²) in [5, 5.41) is 6.80. The highest BCUT2D eigenvalue weighted by molar-refractivity contribution is 14.0. The van der Waals surface area contributed by atoms with Crippen LogP contribution in [-0.2, 0) is 6.42 Å². The molecular formula is C23H35IN4O3. The summed E-state index contributed by atoms with van der Waals surface area (Å²) in [5.41, 5.74) is 2.30. The van der Waals surface area contributed by atoms with Crippen LogP contribution in [0.2, 0.25) is 0 Å². The fraction of sp³-hybridized carbons (Fsp3) is 0.435. The zero-order valence-corrected chi connectivity index (χ0v) is 21.6. The van der Waals surface area contributed by atoms with Crippen LogP contribution in [0.5, 0.6) is 17.2 Å². The normalized spacial score (nSPS) is 12.0. The van der Waals surface area contributed by atoms with E-state index in [4.69, 9.17) is 14.2 Å². The summed E-state index contributed by atoms with van der Waals surface area (Å²) < 4.78 is 16.2. The first kappa shape index (κ1) is 26.8. The molecule has 1 atom stereocenters. The first-order chi connectivity index (χ1) is 14.5. The van der Waals surface area contributed by atoms with E-state index in [2.05, 4.69) is 46.8 Å². The van der Waals surface area contributed by atoms with Gasteiger partial charge in [0, 0.05) is 20.1 Å². The van der Waals surface area contributed by atoms with Gasteiger partial charge in [-0.3, -0.25) is 4.99 Å². The van der Waals surface area contributed by atoms with Gasteiger partial charge in [-0.05, 0) is 49.8 Å². The number of benzene rings is 2. The Morgan fingerprint density at radius 1 is 0.935 bits per heavy atom. The van der Waals surface area contributed by atoms with Crippen molar-refractivity contribution in [3.8, 4) is 17.2 Å². The summed E-state index contributed by atoms with van der Waals surface area (Å²) in [6.45, 7) is 1.44. The van der Waals surface area contributed by atoms with E-state index < -0.39 is 0 Å². The summed E-state index contributed by atoms with van der Waals surface area (Å²) in [4.78, 5) is 6.51. The van der Waals surface area contributed by atoms with Gasteiger partial charge >= 0.3 is 0 Å². The largest absolute Gasteiger partial charge is 0.496 e. The topological polar surface area (TPSA) is 67.4 Å². The lowest BCUT2D eigenvalue weighted by Crippen LogP contribution is -2.42. The number of likely N-dealkylation sites (N-methyl/N-ethyl adjacent to an activating group) is 1. The Hall–Kier alpha value is -2.20. The molecule has 0 spiro atoms. The molecule has 0 saturated carbocycles. The van der Waals surface area contributed by atoms with Gasteiger partial charge in [0.25, 0.3) is 0 Å². The number of guanidine groups is 1. The number of para-hydroxylation sites is 1. The molecule has 0 aromatic heterocycles. The van der Waals surface area contributed by atoms with Gasteiger partial charge in [0.15, 0.2) is 17.5 Å². The second-order valence-corrected chi connectivity index (χ2v) is 7.04. The van der Waals surface area contributed by atoms with E-state index in [1.54, 1.807) is 28.4 Å². The van der Waals surface area contributed by atoms with Crippen LogP contribution >= 0.6 is 24.0 Å². The first-order valence-electron chi connectivity index (χ1n) is 9.98. The number of methoxy groups -OCH3 is 3. The fourth-order valence-electron chi connectivity index (χ4n) is 3.30. The third-order valence-electron chi connectivity index (χ3n) is 4.98. The lowest BCUT2D eigenvalue weighted by atomic mass is 10.1. The molecule has 0 amide bonds. The Labute approximate surface area is 203 Å². The molecule has 31 heavy (non-hydrogen) atoms. The summed E-state index contributed by atoms with van der Waals surface area (Å²) in [6.07, 6.45) is 0.845. The van der Waals surface area contributed by atoms with Crippen LogP contribution in [0.25, 0.3) is 0 Å². The van der Waals surface area contributed by atoms with Crippen LogP contribution in [0.15, 0.2) is 47.5 Å². The van der Waals surface area contributed by atoms with Crippen LogP contribution in [0.1, 0.15) is 17.2 Å². The highest BCUT2D eigenvalue weighted by atomic mass is 127. The number of rotatable bonds is 10. The van der Waals surface area contributed by atoms with Gasteiger partial charge in [-0.25, -0.2) is 0 Å². The molecule has 0 fully saturated rings. The maximum atomic E-state index is 5.46. The SMILES string of the molecule is CN=C(NCCc1ccccc1OC)NCC(c1ccc(OC)c(OC)c1)N(C)C.I. The van der Waals surface area contributed by atoms with Gasteiger partial charge in [0.05, 0.1) is 27.4 Å². The number of aliphatic imine (C=N–C) groups is 1. The van der Waals surface area contributed by atoms with Gasteiger partial charge < -0.3 is 29.7 Å². The summed E-state index contributed by atoms with van der Waals surface area (Å²) >= 11 is 0. The minimum atomic E-state index is 0. The molecule has 0 saturated heterocycles. The van der Waals surface area contributed by atoms with E-state index in [0.29, 0.717) is 6.54 Å². The molecule has 0 heterocycles.